The zero-order valence-electron chi connectivity index (χ0n) is 19.8. The minimum Gasteiger partial charge on any atom is -0.458 e. The van der Waals surface area contributed by atoms with Gasteiger partial charge in [-0.05, 0) is 37.1 Å². The van der Waals surface area contributed by atoms with Crippen LogP contribution in [-0.4, -0.2) is 73.1 Å². The van der Waals surface area contributed by atoms with Crippen molar-refractivity contribution in [1.82, 2.24) is 9.84 Å². The van der Waals surface area contributed by atoms with Crippen molar-refractivity contribution in [3.05, 3.63) is 24.3 Å². The Morgan fingerprint density at radius 3 is 2.06 bits per heavy atom. The number of hydrazine groups is 1. The molecule has 0 spiro atoms. The first-order valence-corrected chi connectivity index (χ1v) is 14.6. The van der Waals surface area contributed by atoms with E-state index in [2.05, 4.69) is 4.83 Å². The third-order valence-corrected chi connectivity index (χ3v) is 9.55. The number of esters is 3. The van der Waals surface area contributed by atoms with Gasteiger partial charge in [0.2, 0.25) is 0 Å². The SMILES string of the molecule is CC(=O)O[C@@H]1[C@@H](OC(C)=O)[C@H](Sc2ccc(S(=O)(=O)NN3CCCCC3)cc2)SC[C@H]1OC(C)=O. The Balaban J connectivity index is 1.74. The van der Waals surface area contributed by atoms with Crippen molar-refractivity contribution in [2.75, 3.05) is 18.8 Å². The van der Waals surface area contributed by atoms with Crippen LogP contribution in [0.25, 0.3) is 0 Å². The lowest BCUT2D eigenvalue weighted by atomic mass is 10.1. The lowest BCUT2D eigenvalue weighted by Crippen LogP contribution is -2.53. The summed E-state index contributed by atoms with van der Waals surface area (Å²) < 4.78 is 41.3. The fourth-order valence-corrected chi connectivity index (χ4v) is 7.76. The van der Waals surface area contributed by atoms with Crippen LogP contribution in [0.3, 0.4) is 0 Å². The van der Waals surface area contributed by atoms with Gasteiger partial charge in [-0.1, -0.05) is 6.42 Å². The maximum Gasteiger partial charge on any atom is 0.303 e. The molecule has 0 saturated carbocycles. The molecule has 1 aromatic rings. The Hall–Kier alpha value is -1.80. The Labute approximate surface area is 213 Å². The number of benzene rings is 1. The van der Waals surface area contributed by atoms with Gasteiger partial charge in [0.15, 0.2) is 18.3 Å². The number of ether oxygens (including phenoxy) is 3. The number of carbonyl (C=O) groups is 3. The minimum atomic E-state index is -3.69. The zero-order chi connectivity index (χ0) is 25.6. The van der Waals surface area contributed by atoms with Crippen molar-refractivity contribution in [2.24, 2.45) is 0 Å². The summed E-state index contributed by atoms with van der Waals surface area (Å²) in [5.41, 5.74) is 0. The van der Waals surface area contributed by atoms with Gasteiger partial charge in [0.1, 0.15) is 0 Å². The van der Waals surface area contributed by atoms with Crippen LogP contribution < -0.4 is 4.83 Å². The van der Waals surface area contributed by atoms with Crippen molar-refractivity contribution < 1.29 is 37.0 Å². The topological polar surface area (TPSA) is 128 Å². The normalized spacial score (nSPS) is 25.5. The average Bonchev–Trinajstić information content (AvgIpc) is 2.77. The maximum absolute atomic E-state index is 12.7. The Kier molecular flexibility index (Phi) is 9.87. The smallest absolute Gasteiger partial charge is 0.303 e. The lowest BCUT2D eigenvalue weighted by Gasteiger charge is -2.39. The van der Waals surface area contributed by atoms with Gasteiger partial charge in [-0.3, -0.25) is 14.4 Å². The summed E-state index contributed by atoms with van der Waals surface area (Å²) in [4.78, 5) is 38.6. The van der Waals surface area contributed by atoms with E-state index in [1.54, 1.807) is 17.1 Å². The van der Waals surface area contributed by atoms with Crippen molar-refractivity contribution in [3.63, 3.8) is 0 Å². The zero-order valence-corrected chi connectivity index (χ0v) is 22.2. The van der Waals surface area contributed by atoms with Crippen LogP contribution in [0.1, 0.15) is 40.0 Å². The summed E-state index contributed by atoms with van der Waals surface area (Å²) in [5.74, 6) is -1.35. The third-order valence-electron chi connectivity index (χ3n) is 5.30. The molecule has 0 amide bonds. The Morgan fingerprint density at radius 1 is 0.914 bits per heavy atom. The second kappa shape index (κ2) is 12.4. The predicted octanol–water partition coefficient (Wildman–Crippen LogP) is 2.33. The van der Waals surface area contributed by atoms with Gasteiger partial charge in [0.05, 0.1) is 9.48 Å². The highest BCUT2D eigenvalue weighted by atomic mass is 32.2. The van der Waals surface area contributed by atoms with E-state index in [1.807, 2.05) is 0 Å². The molecule has 4 atom stereocenters. The maximum atomic E-state index is 12.7. The molecule has 2 fully saturated rings. The van der Waals surface area contributed by atoms with E-state index >= 15 is 0 Å². The summed E-state index contributed by atoms with van der Waals surface area (Å²) in [6.45, 7) is 5.11. The molecular formula is C22H30N2O8S3. The first-order chi connectivity index (χ1) is 16.5. The number of hydrogen-bond donors (Lipinski definition) is 1. The van der Waals surface area contributed by atoms with E-state index in [9.17, 15) is 22.8 Å². The Morgan fingerprint density at radius 2 is 1.49 bits per heavy atom. The molecule has 13 heteroatoms. The van der Waals surface area contributed by atoms with Gasteiger partial charge in [-0.25, -0.2) is 13.4 Å². The Bertz CT molecular complexity index is 1010. The molecule has 0 aliphatic carbocycles. The fourth-order valence-electron chi connectivity index (χ4n) is 3.85. The van der Waals surface area contributed by atoms with Crippen LogP contribution in [0.4, 0.5) is 0 Å². The molecule has 2 aliphatic heterocycles. The van der Waals surface area contributed by atoms with E-state index in [4.69, 9.17) is 14.2 Å². The quantitative estimate of drug-likeness (QED) is 0.381. The number of sulfonamides is 1. The van der Waals surface area contributed by atoms with Crippen LogP contribution in [0.2, 0.25) is 0 Å². The summed E-state index contributed by atoms with van der Waals surface area (Å²) in [6, 6.07) is 6.40. The van der Waals surface area contributed by atoms with Crippen LogP contribution in [0.5, 0.6) is 0 Å². The largest absolute Gasteiger partial charge is 0.458 e. The van der Waals surface area contributed by atoms with E-state index in [0.717, 1.165) is 24.2 Å². The van der Waals surface area contributed by atoms with Gasteiger partial charge in [-0.15, -0.1) is 28.4 Å². The molecule has 1 aromatic carbocycles. The molecule has 0 bridgehead atoms. The number of rotatable bonds is 8. The molecule has 2 heterocycles. The highest BCUT2D eigenvalue weighted by Gasteiger charge is 2.46. The number of carbonyl (C=O) groups excluding carboxylic acids is 3. The average molecular weight is 547 g/mol. The predicted molar refractivity (Wildman–Crippen MR) is 131 cm³/mol. The van der Waals surface area contributed by atoms with Crippen molar-refractivity contribution >= 4 is 51.5 Å². The molecule has 0 aromatic heterocycles. The number of nitrogens with zero attached hydrogens (tertiary/aromatic N) is 1. The van der Waals surface area contributed by atoms with E-state index in [-0.39, 0.29) is 9.48 Å². The van der Waals surface area contributed by atoms with Crippen molar-refractivity contribution in [1.29, 1.82) is 0 Å². The second-order valence-electron chi connectivity index (χ2n) is 8.23. The van der Waals surface area contributed by atoms with Crippen molar-refractivity contribution in [2.45, 2.75) is 72.7 Å². The van der Waals surface area contributed by atoms with E-state index in [0.29, 0.717) is 18.8 Å². The van der Waals surface area contributed by atoms with Gasteiger partial charge < -0.3 is 14.2 Å². The summed E-state index contributed by atoms with van der Waals surface area (Å²) >= 11 is 2.75. The first kappa shape index (κ1) is 27.8. The van der Waals surface area contributed by atoms with Gasteiger partial charge >= 0.3 is 17.9 Å². The number of thioether (sulfide) groups is 2. The molecule has 1 N–H and O–H groups in total. The van der Waals surface area contributed by atoms with E-state index < -0.39 is 46.2 Å². The molecule has 2 saturated heterocycles. The molecular weight excluding hydrogens is 516 g/mol. The highest BCUT2D eigenvalue weighted by Crippen LogP contribution is 2.42. The number of hydrogen-bond acceptors (Lipinski definition) is 11. The number of nitrogens with one attached hydrogen (secondary N) is 1. The standard InChI is InChI=1S/C22H30N2O8S3/c1-14(25)30-19-13-33-22(21(32-16(3)27)20(19)31-15(2)26)34-17-7-9-18(10-8-17)35(28,29)23-24-11-5-4-6-12-24/h7-10,19-23H,4-6,11-13H2,1-3H3/t19-,20+,21-,22+/m1/s1. The number of piperidine rings is 1. The van der Waals surface area contributed by atoms with Crippen molar-refractivity contribution in [3.8, 4) is 0 Å². The van der Waals surface area contributed by atoms with Gasteiger partial charge in [0.25, 0.3) is 10.0 Å². The molecule has 2 aliphatic rings. The monoisotopic (exact) mass is 546 g/mol. The summed E-state index contributed by atoms with van der Waals surface area (Å²) in [5, 5.41) is 1.72. The minimum absolute atomic E-state index is 0.146. The summed E-state index contributed by atoms with van der Waals surface area (Å²) in [6.07, 6.45) is 0.384. The molecule has 0 unspecified atom stereocenters. The molecule has 3 rings (SSSR count). The molecule has 0 radical (unpaired) electrons. The molecule has 35 heavy (non-hydrogen) atoms. The molecule has 10 nitrogen and oxygen atoms in total. The van der Waals surface area contributed by atoms with Gasteiger partial charge in [0, 0.05) is 44.5 Å². The lowest BCUT2D eigenvalue weighted by molar-refractivity contribution is -0.180. The second-order valence-corrected chi connectivity index (χ2v) is 12.6. The fraction of sp³-hybridized carbons (Fsp3) is 0.591. The van der Waals surface area contributed by atoms with Crippen LogP contribution in [0.15, 0.2) is 34.1 Å². The van der Waals surface area contributed by atoms with E-state index in [1.165, 1.54) is 56.4 Å². The molecule has 194 valence electrons. The van der Waals surface area contributed by atoms with Crippen LogP contribution >= 0.6 is 23.5 Å². The third kappa shape index (κ3) is 8.10. The van der Waals surface area contributed by atoms with Gasteiger partial charge in [-0.2, -0.15) is 0 Å². The van der Waals surface area contributed by atoms with Crippen LogP contribution in [-0.2, 0) is 38.6 Å². The highest BCUT2D eigenvalue weighted by molar-refractivity contribution is 8.17. The summed E-state index contributed by atoms with van der Waals surface area (Å²) in [7, 11) is -3.69. The first-order valence-electron chi connectivity index (χ1n) is 11.2. The van der Waals surface area contributed by atoms with Crippen LogP contribution in [0, 0.1) is 0 Å².